The first-order valence-electron chi connectivity index (χ1n) is 7.09. The molecule has 0 bridgehead atoms. The zero-order chi connectivity index (χ0) is 15.2. The van der Waals surface area contributed by atoms with Crippen LogP contribution in [0.15, 0.2) is 0 Å². The summed E-state index contributed by atoms with van der Waals surface area (Å²) in [6.45, 7) is 4.05. The Morgan fingerprint density at radius 3 is 2.35 bits per heavy atom. The lowest BCUT2D eigenvalue weighted by atomic mass is 9.77. The number of rotatable bonds is 6. The summed E-state index contributed by atoms with van der Waals surface area (Å²) < 4.78 is 4.73. The van der Waals surface area contributed by atoms with Crippen molar-refractivity contribution in [3.05, 3.63) is 0 Å². The molecule has 0 aromatic rings. The summed E-state index contributed by atoms with van der Waals surface area (Å²) in [7, 11) is 0. The Labute approximate surface area is 118 Å². The van der Waals surface area contributed by atoms with Crippen molar-refractivity contribution in [3.8, 4) is 0 Å². The van der Waals surface area contributed by atoms with Gasteiger partial charge in [-0.05, 0) is 38.5 Å². The number of aliphatic carboxylic acids is 1. The second kappa shape index (κ2) is 7.26. The van der Waals surface area contributed by atoms with E-state index in [1.807, 2.05) is 0 Å². The fourth-order valence-electron chi connectivity index (χ4n) is 2.43. The quantitative estimate of drug-likeness (QED) is 0.721. The number of esters is 1. The Kier molecular flexibility index (Phi) is 5.98. The van der Waals surface area contributed by atoms with Crippen molar-refractivity contribution < 1.29 is 24.2 Å². The van der Waals surface area contributed by atoms with Gasteiger partial charge in [-0.2, -0.15) is 0 Å². The van der Waals surface area contributed by atoms with E-state index in [9.17, 15) is 19.5 Å². The predicted molar refractivity (Wildman–Crippen MR) is 72.0 cm³/mol. The Hall–Kier alpha value is -1.59. The van der Waals surface area contributed by atoms with Crippen molar-refractivity contribution in [1.29, 1.82) is 0 Å². The molecule has 1 fully saturated rings. The third-order valence-electron chi connectivity index (χ3n) is 3.78. The van der Waals surface area contributed by atoms with Gasteiger partial charge in [0.1, 0.15) is 5.54 Å². The van der Waals surface area contributed by atoms with E-state index < -0.39 is 23.4 Å². The highest BCUT2D eigenvalue weighted by atomic mass is 16.5. The lowest BCUT2D eigenvalue weighted by Crippen LogP contribution is -2.56. The minimum atomic E-state index is -1.17. The summed E-state index contributed by atoms with van der Waals surface area (Å²) >= 11 is 0. The van der Waals surface area contributed by atoms with Crippen molar-refractivity contribution in [2.24, 2.45) is 5.92 Å². The molecule has 1 amide bonds. The first kappa shape index (κ1) is 16.5. The fraction of sp³-hybridized carbons (Fsp3) is 0.786. The molecule has 6 nitrogen and oxygen atoms in total. The molecular formula is C14H23NO5. The molecule has 1 aliphatic carbocycles. The van der Waals surface area contributed by atoms with Crippen LogP contribution in [0.3, 0.4) is 0 Å². The first-order chi connectivity index (χ1) is 9.39. The van der Waals surface area contributed by atoms with Gasteiger partial charge in [0, 0.05) is 6.42 Å². The van der Waals surface area contributed by atoms with Gasteiger partial charge in [-0.15, -0.1) is 0 Å². The SMILES string of the molecule is CCOC(=O)CCC(=O)NC1(C(=O)O)CCC(C)CC1. The number of hydrogen-bond acceptors (Lipinski definition) is 4. The number of carbonyl (C=O) groups excluding carboxylic acids is 2. The van der Waals surface area contributed by atoms with E-state index in [-0.39, 0.29) is 19.4 Å². The van der Waals surface area contributed by atoms with Crippen LogP contribution in [-0.2, 0) is 19.1 Å². The van der Waals surface area contributed by atoms with Crippen LogP contribution in [0, 0.1) is 5.92 Å². The standard InChI is InChI=1S/C14H23NO5/c1-3-20-12(17)5-4-11(16)15-14(13(18)19)8-6-10(2)7-9-14/h10H,3-9H2,1-2H3,(H,15,16)(H,18,19). The summed E-state index contributed by atoms with van der Waals surface area (Å²) in [5, 5.41) is 12.0. The van der Waals surface area contributed by atoms with Crippen LogP contribution in [0.5, 0.6) is 0 Å². The molecule has 0 saturated heterocycles. The highest BCUT2D eigenvalue weighted by molar-refractivity contribution is 5.88. The number of nitrogens with one attached hydrogen (secondary N) is 1. The summed E-state index contributed by atoms with van der Waals surface area (Å²) in [6.07, 6.45) is 2.38. The van der Waals surface area contributed by atoms with Gasteiger partial charge in [0.2, 0.25) is 5.91 Å². The monoisotopic (exact) mass is 285 g/mol. The Morgan fingerprint density at radius 1 is 1.25 bits per heavy atom. The molecule has 0 spiro atoms. The van der Waals surface area contributed by atoms with E-state index in [0.29, 0.717) is 18.8 Å². The molecule has 0 atom stereocenters. The van der Waals surface area contributed by atoms with Crippen molar-refractivity contribution in [2.75, 3.05) is 6.61 Å². The molecule has 2 N–H and O–H groups in total. The maximum absolute atomic E-state index is 11.8. The Bertz CT molecular complexity index is 372. The highest BCUT2D eigenvalue weighted by Crippen LogP contribution is 2.32. The average Bonchev–Trinajstić information content (AvgIpc) is 2.39. The number of ether oxygens (including phenoxy) is 1. The average molecular weight is 285 g/mol. The third kappa shape index (κ3) is 4.51. The van der Waals surface area contributed by atoms with Crippen molar-refractivity contribution in [1.82, 2.24) is 5.32 Å². The van der Waals surface area contributed by atoms with E-state index >= 15 is 0 Å². The molecule has 0 aromatic heterocycles. The summed E-state index contributed by atoms with van der Waals surface area (Å²) in [5.41, 5.74) is -1.17. The maximum atomic E-state index is 11.8. The highest BCUT2D eigenvalue weighted by Gasteiger charge is 2.42. The smallest absolute Gasteiger partial charge is 0.329 e. The molecule has 0 radical (unpaired) electrons. The lowest BCUT2D eigenvalue weighted by Gasteiger charge is -2.36. The zero-order valence-corrected chi connectivity index (χ0v) is 12.1. The van der Waals surface area contributed by atoms with Crippen molar-refractivity contribution >= 4 is 17.8 Å². The van der Waals surface area contributed by atoms with Gasteiger partial charge in [-0.3, -0.25) is 9.59 Å². The van der Waals surface area contributed by atoms with Gasteiger partial charge in [-0.25, -0.2) is 4.79 Å². The molecule has 114 valence electrons. The number of carboxylic acids is 1. The van der Waals surface area contributed by atoms with Gasteiger partial charge >= 0.3 is 11.9 Å². The van der Waals surface area contributed by atoms with Crippen LogP contribution in [0.25, 0.3) is 0 Å². The minimum absolute atomic E-state index is 0.0220. The normalized spacial score (nSPS) is 25.8. The van der Waals surface area contributed by atoms with Crippen molar-refractivity contribution in [2.45, 2.75) is 57.9 Å². The van der Waals surface area contributed by atoms with Gasteiger partial charge in [0.25, 0.3) is 0 Å². The molecule has 0 aliphatic heterocycles. The molecule has 1 saturated carbocycles. The third-order valence-corrected chi connectivity index (χ3v) is 3.78. The van der Waals surface area contributed by atoms with E-state index in [1.165, 1.54) is 0 Å². The molecule has 1 rings (SSSR count). The number of hydrogen-bond donors (Lipinski definition) is 2. The van der Waals surface area contributed by atoms with Gasteiger partial charge in [0.05, 0.1) is 13.0 Å². The molecular weight excluding hydrogens is 262 g/mol. The Morgan fingerprint density at radius 2 is 1.85 bits per heavy atom. The van der Waals surface area contributed by atoms with Gasteiger partial charge in [0.15, 0.2) is 0 Å². The number of carboxylic acid groups (broad SMARTS) is 1. The molecule has 6 heteroatoms. The minimum Gasteiger partial charge on any atom is -0.480 e. The van der Waals surface area contributed by atoms with Crippen LogP contribution < -0.4 is 5.32 Å². The molecule has 1 aliphatic rings. The summed E-state index contributed by atoms with van der Waals surface area (Å²) in [4.78, 5) is 34.5. The van der Waals surface area contributed by atoms with E-state index in [2.05, 4.69) is 12.2 Å². The second-order valence-corrected chi connectivity index (χ2v) is 5.42. The van der Waals surface area contributed by atoms with E-state index in [1.54, 1.807) is 6.92 Å². The molecule has 0 aromatic carbocycles. The topological polar surface area (TPSA) is 92.7 Å². The lowest BCUT2D eigenvalue weighted by molar-refractivity contribution is -0.150. The summed E-state index contributed by atoms with van der Waals surface area (Å²) in [6, 6.07) is 0. The van der Waals surface area contributed by atoms with Crippen LogP contribution >= 0.6 is 0 Å². The largest absolute Gasteiger partial charge is 0.480 e. The fourth-order valence-corrected chi connectivity index (χ4v) is 2.43. The van der Waals surface area contributed by atoms with Crippen LogP contribution in [0.4, 0.5) is 0 Å². The van der Waals surface area contributed by atoms with Crippen molar-refractivity contribution in [3.63, 3.8) is 0 Å². The number of amides is 1. The second-order valence-electron chi connectivity index (χ2n) is 5.42. The van der Waals surface area contributed by atoms with Gasteiger partial charge < -0.3 is 15.2 Å². The maximum Gasteiger partial charge on any atom is 0.329 e. The predicted octanol–water partition coefficient (Wildman–Crippen LogP) is 1.48. The van der Waals surface area contributed by atoms with E-state index in [0.717, 1.165) is 12.8 Å². The number of carbonyl (C=O) groups is 3. The van der Waals surface area contributed by atoms with Crippen LogP contribution in [-0.4, -0.2) is 35.1 Å². The molecule has 0 unspecified atom stereocenters. The molecule has 20 heavy (non-hydrogen) atoms. The molecule has 0 heterocycles. The van der Waals surface area contributed by atoms with Crippen LogP contribution in [0.2, 0.25) is 0 Å². The summed E-state index contributed by atoms with van der Waals surface area (Å²) in [5.74, 6) is -1.35. The zero-order valence-electron chi connectivity index (χ0n) is 12.1. The van der Waals surface area contributed by atoms with Gasteiger partial charge in [-0.1, -0.05) is 6.92 Å². The Balaban J connectivity index is 2.52. The van der Waals surface area contributed by atoms with Crippen LogP contribution in [0.1, 0.15) is 52.4 Å². The van der Waals surface area contributed by atoms with E-state index in [4.69, 9.17) is 4.74 Å². The first-order valence-corrected chi connectivity index (χ1v) is 7.09.